The van der Waals surface area contributed by atoms with Gasteiger partial charge in [0.1, 0.15) is 11.2 Å². The fourth-order valence-corrected chi connectivity index (χ4v) is 1.57. The molecule has 0 saturated heterocycles. The predicted octanol–water partition coefficient (Wildman–Crippen LogP) is 3.28. The summed E-state index contributed by atoms with van der Waals surface area (Å²) >= 11 is 11.5. The summed E-state index contributed by atoms with van der Waals surface area (Å²) in [7, 11) is 0. The molecule has 0 spiro atoms. The van der Waals surface area contributed by atoms with E-state index in [2.05, 4.69) is 5.32 Å². The minimum atomic E-state index is -0.861. The molecule has 0 aliphatic heterocycles. The molecule has 0 fully saturated rings. The predicted molar refractivity (Wildman–Crippen MR) is 63.3 cm³/mol. The van der Waals surface area contributed by atoms with Crippen molar-refractivity contribution in [3.63, 3.8) is 0 Å². The normalized spacial score (nSPS) is 12.6. The van der Waals surface area contributed by atoms with E-state index < -0.39 is 11.2 Å². The van der Waals surface area contributed by atoms with E-state index in [1.54, 1.807) is 0 Å². The van der Waals surface area contributed by atoms with E-state index >= 15 is 0 Å². The highest BCUT2D eigenvalue weighted by molar-refractivity contribution is 6.32. The number of nitrogens with one attached hydrogen (secondary N) is 1. The molecule has 1 atom stereocenters. The Labute approximate surface area is 104 Å². The first-order valence-electron chi connectivity index (χ1n) is 4.81. The van der Waals surface area contributed by atoms with Crippen molar-refractivity contribution in [3.05, 3.63) is 34.6 Å². The van der Waals surface area contributed by atoms with Gasteiger partial charge in [-0.25, -0.2) is 4.39 Å². The van der Waals surface area contributed by atoms with Crippen LogP contribution in [0.1, 0.15) is 24.8 Å². The molecule has 0 heterocycles. The van der Waals surface area contributed by atoms with Crippen molar-refractivity contribution in [1.29, 1.82) is 0 Å². The summed E-state index contributed by atoms with van der Waals surface area (Å²) in [5.74, 6) is -0.849. The zero-order valence-corrected chi connectivity index (χ0v) is 10.4. The SMILES string of the molecule is CC(C)NC(=O)C(Cl)c1ccc(F)c(Cl)c1. The lowest BCUT2D eigenvalue weighted by atomic mass is 10.1. The second kappa shape index (κ2) is 5.51. The third-order valence-electron chi connectivity index (χ3n) is 1.90. The van der Waals surface area contributed by atoms with Crippen LogP contribution >= 0.6 is 23.2 Å². The van der Waals surface area contributed by atoms with E-state index in [9.17, 15) is 9.18 Å². The molecule has 16 heavy (non-hydrogen) atoms. The Morgan fingerprint density at radius 2 is 2.06 bits per heavy atom. The molecule has 0 aliphatic carbocycles. The van der Waals surface area contributed by atoms with Gasteiger partial charge >= 0.3 is 0 Å². The van der Waals surface area contributed by atoms with E-state index in [1.807, 2.05) is 13.8 Å². The Hall–Kier alpha value is -0.800. The van der Waals surface area contributed by atoms with Gasteiger partial charge in [-0.2, -0.15) is 0 Å². The summed E-state index contributed by atoms with van der Waals surface area (Å²) in [4.78, 5) is 11.6. The Morgan fingerprint density at radius 1 is 1.44 bits per heavy atom. The van der Waals surface area contributed by atoms with E-state index in [4.69, 9.17) is 23.2 Å². The molecule has 1 aromatic rings. The molecule has 88 valence electrons. The van der Waals surface area contributed by atoms with E-state index in [1.165, 1.54) is 18.2 Å². The largest absolute Gasteiger partial charge is 0.352 e. The molecule has 0 aliphatic rings. The molecule has 0 saturated carbocycles. The van der Waals surface area contributed by atoms with Gasteiger partial charge in [0, 0.05) is 6.04 Å². The Balaban J connectivity index is 2.83. The average molecular weight is 264 g/mol. The van der Waals surface area contributed by atoms with Gasteiger partial charge in [0.15, 0.2) is 0 Å². The lowest BCUT2D eigenvalue weighted by molar-refractivity contribution is -0.121. The van der Waals surface area contributed by atoms with Crippen LogP contribution in [0.2, 0.25) is 5.02 Å². The van der Waals surface area contributed by atoms with Crippen LogP contribution in [-0.2, 0) is 4.79 Å². The molecule has 0 aromatic heterocycles. The monoisotopic (exact) mass is 263 g/mol. The third kappa shape index (κ3) is 3.35. The van der Waals surface area contributed by atoms with Gasteiger partial charge in [-0.3, -0.25) is 4.79 Å². The van der Waals surface area contributed by atoms with Crippen LogP contribution in [-0.4, -0.2) is 11.9 Å². The van der Waals surface area contributed by atoms with Crippen molar-refractivity contribution in [2.45, 2.75) is 25.3 Å². The van der Waals surface area contributed by atoms with Crippen LogP contribution in [0, 0.1) is 5.82 Å². The number of hydrogen-bond acceptors (Lipinski definition) is 1. The zero-order valence-electron chi connectivity index (χ0n) is 8.93. The summed E-state index contributed by atoms with van der Waals surface area (Å²) in [6.45, 7) is 3.66. The Kier molecular flexibility index (Phi) is 4.56. The van der Waals surface area contributed by atoms with Crippen LogP contribution < -0.4 is 5.32 Å². The number of rotatable bonds is 3. The summed E-state index contributed by atoms with van der Waals surface area (Å²) in [6.07, 6.45) is 0. The van der Waals surface area contributed by atoms with E-state index in [0.717, 1.165) is 0 Å². The standard InChI is InChI=1S/C11H12Cl2FNO/c1-6(2)15-11(16)10(13)7-3-4-9(14)8(12)5-7/h3-6,10H,1-2H3,(H,15,16). The molecule has 2 nitrogen and oxygen atoms in total. The smallest absolute Gasteiger partial charge is 0.242 e. The van der Waals surface area contributed by atoms with Gasteiger partial charge in [-0.15, -0.1) is 11.6 Å². The van der Waals surface area contributed by atoms with Crippen molar-refractivity contribution >= 4 is 29.1 Å². The lowest BCUT2D eigenvalue weighted by Crippen LogP contribution is -2.32. The first-order chi connectivity index (χ1) is 7.41. The molecular formula is C11H12Cl2FNO. The van der Waals surface area contributed by atoms with Gasteiger partial charge in [0.05, 0.1) is 5.02 Å². The minimum Gasteiger partial charge on any atom is -0.352 e. The molecule has 1 unspecified atom stereocenters. The minimum absolute atomic E-state index is 0.00432. The second-order valence-corrected chi connectivity index (χ2v) is 4.54. The fraction of sp³-hybridized carbons (Fsp3) is 0.364. The first-order valence-corrected chi connectivity index (χ1v) is 5.62. The number of hydrogen-bond donors (Lipinski definition) is 1. The fourth-order valence-electron chi connectivity index (χ4n) is 1.18. The van der Waals surface area contributed by atoms with E-state index in [0.29, 0.717) is 5.56 Å². The highest BCUT2D eigenvalue weighted by Crippen LogP contribution is 2.25. The number of halogens is 3. The van der Waals surface area contributed by atoms with Crippen LogP contribution in [0.25, 0.3) is 0 Å². The topological polar surface area (TPSA) is 29.1 Å². The molecule has 0 bridgehead atoms. The van der Waals surface area contributed by atoms with Gasteiger partial charge in [0.2, 0.25) is 5.91 Å². The van der Waals surface area contributed by atoms with E-state index in [-0.39, 0.29) is 17.0 Å². The number of carbonyl (C=O) groups is 1. The Bertz CT molecular complexity index is 396. The molecule has 5 heteroatoms. The van der Waals surface area contributed by atoms with Crippen molar-refractivity contribution < 1.29 is 9.18 Å². The zero-order chi connectivity index (χ0) is 12.3. The summed E-state index contributed by atoms with van der Waals surface area (Å²) in [5, 5.41) is 1.77. The molecule has 0 radical (unpaired) electrons. The summed E-state index contributed by atoms with van der Waals surface area (Å²) in [5.41, 5.74) is 0.478. The average Bonchev–Trinajstić information content (AvgIpc) is 2.20. The maximum atomic E-state index is 12.9. The molecular weight excluding hydrogens is 252 g/mol. The second-order valence-electron chi connectivity index (χ2n) is 3.70. The van der Waals surface area contributed by atoms with Gasteiger partial charge < -0.3 is 5.32 Å². The van der Waals surface area contributed by atoms with Crippen LogP contribution in [0.4, 0.5) is 4.39 Å². The number of amides is 1. The van der Waals surface area contributed by atoms with Gasteiger partial charge in [0.25, 0.3) is 0 Å². The van der Waals surface area contributed by atoms with Crippen molar-refractivity contribution in [3.8, 4) is 0 Å². The van der Waals surface area contributed by atoms with Crippen molar-refractivity contribution in [2.24, 2.45) is 0 Å². The lowest BCUT2D eigenvalue weighted by Gasteiger charge is -2.13. The van der Waals surface area contributed by atoms with Gasteiger partial charge in [-0.1, -0.05) is 17.7 Å². The van der Waals surface area contributed by atoms with Crippen molar-refractivity contribution in [1.82, 2.24) is 5.32 Å². The van der Waals surface area contributed by atoms with Gasteiger partial charge in [-0.05, 0) is 31.5 Å². The van der Waals surface area contributed by atoms with Crippen molar-refractivity contribution in [2.75, 3.05) is 0 Å². The number of benzene rings is 1. The summed E-state index contributed by atoms with van der Waals surface area (Å²) < 4.78 is 12.9. The molecule has 1 amide bonds. The first kappa shape index (κ1) is 13.3. The maximum Gasteiger partial charge on any atom is 0.242 e. The highest BCUT2D eigenvalue weighted by Gasteiger charge is 2.19. The summed E-state index contributed by atoms with van der Waals surface area (Å²) in [6, 6.07) is 3.99. The Morgan fingerprint density at radius 3 is 2.56 bits per heavy atom. The molecule has 1 N–H and O–H groups in total. The number of alkyl halides is 1. The molecule has 1 rings (SSSR count). The van der Waals surface area contributed by atoms with Crippen LogP contribution in [0.5, 0.6) is 0 Å². The maximum absolute atomic E-state index is 12.9. The van der Waals surface area contributed by atoms with Crippen LogP contribution in [0.15, 0.2) is 18.2 Å². The third-order valence-corrected chi connectivity index (χ3v) is 2.64. The highest BCUT2D eigenvalue weighted by atomic mass is 35.5. The number of carbonyl (C=O) groups excluding carboxylic acids is 1. The quantitative estimate of drug-likeness (QED) is 0.834. The van der Waals surface area contributed by atoms with Crippen LogP contribution in [0.3, 0.4) is 0 Å². The molecule has 1 aromatic carbocycles.